The lowest BCUT2D eigenvalue weighted by molar-refractivity contribution is -0.135. The van der Waals surface area contributed by atoms with Gasteiger partial charge in [0.1, 0.15) is 0 Å². The first-order valence-electron chi connectivity index (χ1n) is 7.32. The zero-order valence-corrected chi connectivity index (χ0v) is 11.5. The molecule has 0 aromatic rings. The number of hydrogen-bond acceptors (Lipinski definition) is 3. The molecule has 2 fully saturated rings. The largest absolute Gasteiger partial charge is 0.384 e. The molecule has 2 heterocycles. The quantitative estimate of drug-likeness (QED) is 0.828. The maximum Gasteiger partial charge on any atom is 0.239 e. The Balaban J connectivity index is 1.86. The van der Waals surface area contributed by atoms with Gasteiger partial charge in [-0.1, -0.05) is 12.8 Å². The summed E-state index contributed by atoms with van der Waals surface area (Å²) in [5, 5.41) is 3.40. The van der Waals surface area contributed by atoms with Crippen LogP contribution in [-0.4, -0.2) is 50.2 Å². The molecular weight excluding hydrogens is 228 g/mol. The Morgan fingerprint density at radius 2 is 2.17 bits per heavy atom. The molecule has 4 nitrogen and oxygen atoms in total. The maximum atomic E-state index is 12.5. The molecule has 0 spiro atoms. The number of amides is 1. The summed E-state index contributed by atoms with van der Waals surface area (Å²) < 4.78 is 5.22. The van der Waals surface area contributed by atoms with E-state index in [4.69, 9.17) is 4.74 Å². The van der Waals surface area contributed by atoms with Gasteiger partial charge in [-0.3, -0.25) is 4.79 Å². The lowest BCUT2D eigenvalue weighted by atomic mass is 9.98. The van der Waals surface area contributed by atoms with Crippen molar-refractivity contribution in [2.45, 2.75) is 44.6 Å². The molecule has 0 aliphatic carbocycles. The van der Waals surface area contributed by atoms with Crippen LogP contribution in [0.15, 0.2) is 0 Å². The average molecular weight is 254 g/mol. The van der Waals surface area contributed by atoms with Crippen molar-refractivity contribution in [1.29, 1.82) is 0 Å². The van der Waals surface area contributed by atoms with E-state index >= 15 is 0 Å². The van der Waals surface area contributed by atoms with E-state index in [9.17, 15) is 4.79 Å². The van der Waals surface area contributed by atoms with Gasteiger partial charge in [0, 0.05) is 20.2 Å². The van der Waals surface area contributed by atoms with Gasteiger partial charge >= 0.3 is 0 Å². The highest BCUT2D eigenvalue weighted by atomic mass is 16.5. The van der Waals surface area contributed by atoms with Crippen molar-refractivity contribution in [1.82, 2.24) is 10.2 Å². The van der Waals surface area contributed by atoms with E-state index in [0.717, 1.165) is 39.1 Å². The topological polar surface area (TPSA) is 41.6 Å². The van der Waals surface area contributed by atoms with Gasteiger partial charge in [0.15, 0.2) is 0 Å². The zero-order valence-electron chi connectivity index (χ0n) is 11.5. The molecule has 0 radical (unpaired) electrons. The second kappa shape index (κ2) is 7.10. The van der Waals surface area contributed by atoms with Crippen molar-refractivity contribution >= 4 is 5.91 Å². The molecule has 2 unspecified atom stereocenters. The van der Waals surface area contributed by atoms with Crippen LogP contribution in [0, 0.1) is 5.92 Å². The molecule has 104 valence electrons. The lowest BCUT2D eigenvalue weighted by Gasteiger charge is -2.34. The summed E-state index contributed by atoms with van der Waals surface area (Å²) in [7, 11) is 1.74. The monoisotopic (exact) mass is 254 g/mol. The summed E-state index contributed by atoms with van der Waals surface area (Å²) in [6.07, 6.45) is 6.95. The van der Waals surface area contributed by atoms with Crippen LogP contribution >= 0.6 is 0 Å². The van der Waals surface area contributed by atoms with E-state index in [0.29, 0.717) is 11.8 Å². The van der Waals surface area contributed by atoms with Crippen LogP contribution in [-0.2, 0) is 9.53 Å². The number of methoxy groups -OCH3 is 1. The normalized spacial score (nSPS) is 29.9. The third kappa shape index (κ3) is 3.69. The average Bonchev–Trinajstić information content (AvgIpc) is 2.67. The molecule has 1 amide bonds. The van der Waals surface area contributed by atoms with Crippen LogP contribution in [0.3, 0.4) is 0 Å². The molecule has 4 heteroatoms. The first kappa shape index (κ1) is 13.8. The number of carbonyl (C=O) groups excluding carboxylic acids is 1. The second-order valence-electron chi connectivity index (χ2n) is 5.60. The minimum absolute atomic E-state index is 0.0637. The number of carbonyl (C=O) groups is 1. The van der Waals surface area contributed by atoms with Crippen molar-refractivity contribution in [2.75, 3.05) is 33.4 Å². The summed E-state index contributed by atoms with van der Waals surface area (Å²) in [5.74, 6) is 0.844. The predicted molar refractivity (Wildman–Crippen MR) is 71.4 cm³/mol. The fourth-order valence-corrected chi connectivity index (χ4v) is 3.10. The van der Waals surface area contributed by atoms with Gasteiger partial charge in [0.05, 0.1) is 12.6 Å². The summed E-state index contributed by atoms with van der Waals surface area (Å²) >= 11 is 0. The number of nitrogens with one attached hydrogen (secondary N) is 1. The van der Waals surface area contributed by atoms with Crippen LogP contribution in [0.1, 0.15) is 38.5 Å². The van der Waals surface area contributed by atoms with Gasteiger partial charge in [0.2, 0.25) is 5.91 Å². The Labute approximate surface area is 110 Å². The Hall–Kier alpha value is -0.610. The minimum Gasteiger partial charge on any atom is -0.384 e. The van der Waals surface area contributed by atoms with Crippen LogP contribution in [0.5, 0.6) is 0 Å². The molecule has 18 heavy (non-hydrogen) atoms. The number of piperidine rings is 1. The SMILES string of the molecule is COCC1CCCN(C(=O)C2CCCCCN2)C1. The van der Waals surface area contributed by atoms with Crippen molar-refractivity contribution in [3.63, 3.8) is 0 Å². The summed E-state index contributed by atoms with van der Waals surface area (Å²) in [6, 6.07) is 0.0637. The first-order valence-corrected chi connectivity index (χ1v) is 7.32. The van der Waals surface area contributed by atoms with Gasteiger partial charge in [-0.25, -0.2) is 0 Å². The van der Waals surface area contributed by atoms with E-state index in [-0.39, 0.29) is 6.04 Å². The van der Waals surface area contributed by atoms with E-state index in [1.54, 1.807) is 7.11 Å². The first-order chi connectivity index (χ1) is 8.81. The number of rotatable bonds is 3. The number of likely N-dealkylation sites (tertiary alicyclic amines) is 1. The predicted octanol–water partition coefficient (Wildman–Crippen LogP) is 1.40. The van der Waals surface area contributed by atoms with E-state index in [2.05, 4.69) is 10.2 Å². The molecule has 2 atom stereocenters. The molecule has 0 aromatic heterocycles. The smallest absolute Gasteiger partial charge is 0.239 e. The van der Waals surface area contributed by atoms with Crippen LogP contribution in [0.25, 0.3) is 0 Å². The summed E-state index contributed by atoms with van der Waals surface area (Å²) in [5.41, 5.74) is 0. The van der Waals surface area contributed by atoms with Gasteiger partial charge in [-0.2, -0.15) is 0 Å². The Bertz CT molecular complexity index is 261. The Morgan fingerprint density at radius 1 is 1.28 bits per heavy atom. The van der Waals surface area contributed by atoms with Crippen LogP contribution < -0.4 is 5.32 Å². The van der Waals surface area contributed by atoms with Crippen molar-refractivity contribution in [2.24, 2.45) is 5.92 Å². The third-order valence-electron chi connectivity index (χ3n) is 4.09. The second-order valence-corrected chi connectivity index (χ2v) is 5.60. The van der Waals surface area contributed by atoms with E-state index in [1.165, 1.54) is 25.7 Å². The fraction of sp³-hybridized carbons (Fsp3) is 0.929. The van der Waals surface area contributed by atoms with Gasteiger partial charge in [-0.15, -0.1) is 0 Å². The van der Waals surface area contributed by atoms with Crippen LogP contribution in [0.4, 0.5) is 0 Å². The van der Waals surface area contributed by atoms with Crippen molar-refractivity contribution in [3.05, 3.63) is 0 Å². The van der Waals surface area contributed by atoms with Gasteiger partial charge in [0.25, 0.3) is 0 Å². The highest BCUT2D eigenvalue weighted by Crippen LogP contribution is 2.19. The summed E-state index contributed by atoms with van der Waals surface area (Å²) in [4.78, 5) is 14.5. The number of ether oxygens (including phenoxy) is 1. The molecule has 1 N–H and O–H groups in total. The molecule has 2 aliphatic heterocycles. The number of nitrogens with zero attached hydrogens (tertiary/aromatic N) is 1. The lowest BCUT2D eigenvalue weighted by Crippen LogP contribution is -2.50. The van der Waals surface area contributed by atoms with Crippen molar-refractivity contribution in [3.8, 4) is 0 Å². The Kier molecular flexibility index (Phi) is 5.45. The molecule has 0 bridgehead atoms. The summed E-state index contributed by atoms with van der Waals surface area (Å²) in [6.45, 7) is 3.58. The van der Waals surface area contributed by atoms with Gasteiger partial charge in [-0.05, 0) is 38.1 Å². The van der Waals surface area contributed by atoms with Crippen LogP contribution in [0.2, 0.25) is 0 Å². The minimum atomic E-state index is 0.0637. The standard InChI is InChI=1S/C14H26N2O2/c1-18-11-12-6-5-9-16(10-12)14(17)13-7-3-2-4-8-15-13/h12-13,15H,2-11H2,1H3. The molecule has 2 rings (SSSR count). The maximum absolute atomic E-state index is 12.5. The molecular formula is C14H26N2O2. The fourth-order valence-electron chi connectivity index (χ4n) is 3.10. The third-order valence-corrected chi connectivity index (χ3v) is 4.09. The van der Waals surface area contributed by atoms with E-state index < -0.39 is 0 Å². The molecule has 0 saturated carbocycles. The molecule has 2 aliphatic rings. The van der Waals surface area contributed by atoms with Crippen molar-refractivity contribution < 1.29 is 9.53 Å². The molecule has 2 saturated heterocycles. The highest BCUT2D eigenvalue weighted by molar-refractivity contribution is 5.82. The zero-order chi connectivity index (χ0) is 12.8. The number of hydrogen-bond donors (Lipinski definition) is 1. The Morgan fingerprint density at radius 3 is 3.00 bits per heavy atom. The highest BCUT2D eigenvalue weighted by Gasteiger charge is 2.28. The van der Waals surface area contributed by atoms with E-state index in [1.807, 2.05) is 0 Å². The molecule has 0 aromatic carbocycles. The van der Waals surface area contributed by atoms with Gasteiger partial charge < -0.3 is 15.0 Å².